The lowest BCUT2D eigenvalue weighted by molar-refractivity contribution is -0.0398. The second-order valence-electron chi connectivity index (χ2n) is 7.52. The number of nitrogens with two attached hydrogens (primary N) is 1. The van der Waals surface area contributed by atoms with Gasteiger partial charge in [-0.1, -0.05) is 0 Å². The normalized spacial score (nSPS) is 23.8. The van der Waals surface area contributed by atoms with E-state index in [0.29, 0.717) is 29.8 Å². The molecule has 0 aromatic carbocycles. The summed E-state index contributed by atoms with van der Waals surface area (Å²) in [6.45, 7) is 7.72. The van der Waals surface area contributed by atoms with E-state index < -0.39 is 25.7 Å². The van der Waals surface area contributed by atoms with E-state index in [1.54, 1.807) is 15.6 Å². The highest BCUT2D eigenvalue weighted by Crippen LogP contribution is 2.58. The molecule has 11 heteroatoms. The molecule has 3 rings (SSSR count). The zero-order chi connectivity index (χ0) is 20.6. The fourth-order valence-electron chi connectivity index (χ4n) is 3.94. The molecule has 1 aliphatic rings. The van der Waals surface area contributed by atoms with Crippen LogP contribution in [0, 0.1) is 0 Å². The molecular weight excluding hydrogens is 383 g/mol. The van der Waals surface area contributed by atoms with Crippen molar-refractivity contribution in [3.8, 4) is 0 Å². The molecule has 2 aromatic rings. The number of fused-ring (bicyclic) bond motifs is 1. The van der Waals surface area contributed by atoms with Crippen molar-refractivity contribution in [1.82, 2.24) is 24.2 Å². The summed E-state index contributed by atoms with van der Waals surface area (Å²) in [5, 5.41) is 11.0. The molecule has 3 heterocycles. The van der Waals surface area contributed by atoms with Gasteiger partial charge in [-0.25, -0.2) is 19.6 Å². The summed E-state index contributed by atoms with van der Waals surface area (Å²) in [6.07, 6.45) is 3.09. The van der Waals surface area contributed by atoms with Crippen molar-refractivity contribution in [1.29, 1.82) is 0 Å². The third-order valence-corrected chi connectivity index (χ3v) is 8.13. The van der Waals surface area contributed by atoms with Crippen LogP contribution in [0.2, 0.25) is 0 Å². The zero-order valence-corrected chi connectivity index (χ0v) is 17.8. The van der Waals surface area contributed by atoms with E-state index >= 15 is 0 Å². The van der Waals surface area contributed by atoms with Gasteiger partial charge in [0, 0.05) is 19.2 Å². The van der Waals surface area contributed by atoms with Gasteiger partial charge in [0.25, 0.3) is 0 Å². The third kappa shape index (κ3) is 3.55. The van der Waals surface area contributed by atoms with Gasteiger partial charge in [0.1, 0.15) is 18.1 Å². The van der Waals surface area contributed by atoms with Gasteiger partial charge in [-0.15, -0.1) is 0 Å². The fraction of sp³-hybridized carbons (Fsp3) is 0.706. The Labute approximate surface area is 164 Å². The number of hydrogen-bond donors (Lipinski definition) is 2. The molecule has 1 aliphatic heterocycles. The van der Waals surface area contributed by atoms with Crippen LogP contribution in [0.1, 0.15) is 46.8 Å². The number of nitrogen functional groups attached to an aromatic ring is 1. The summed E-state index contributed by atoms with van der Waals surface area (Å²) in [4.78, 5) is 12.4. The quantitative estimate of drug-likeness (QED) is 0.658. The van der Waals surface area contributed by atoms with Gasteiger partial charge in [-0.05, 0) is 40.5 Å². The predicted octanol–water partition coefficient (Wildman–Crippen LogP) is 2.36. The van der Waals surface area contributed by atoms with Crippen molar-refractivity contribution in [2.75, 3.05) is 12.8 Å². The Morgan fingerprint density at radius 2 is 1.96 bits per heavy atom. The Hall–Kier alpha value is -1.58. The summed E-state index contributed by atoms with van der Waals surface area (Å²) in [5.41, 5.74) is 6.91. The van der Waals surface area contributed by atoms with Gasteiger partial charge >= 0.3 is 7.52 Å². The molecule has 2 unspecified atom stereocenters. The zero-order valence-electron chi connectivity index (χ0n) is 16.9. The molecule has 0 spiro atoms. The molecule has 0 radical (unpaired) electrons. The highest BCUT2D eigenvalue weighted by atomic mass is 31.2. The minimum Gasteiger partial charge on any atom is -0.382 e. The summed E-state index contributed by atoms with van der Waals surface area (Å²) in [7, 11) is -2.16. The van der Waals surface area contributed by atoms with Gasteiger partial charge in [-0.2, -0.15) is 0 Å². The topological polar surface area (TPSA) is 129 Å². The number of rotatable bonds is 7. The van der Waals surface area contributed by atoms with E-state index in [0.717, 1.165) is 0 Å². The van der Waals surface area contributed by atoms with Gasteiger partial charge in [-0.3, -0.25) is 9.13 Å². The largest absolute Gasteiger partial charge is 0.382 e. The van der Waals surface area contributed by atoms with Crippen molar-refractivity contribution in [3.63, 3.8) is 0 Å². The predicted molar refractivity (Wildman–Crippen MR) is 106 cm³/mol. The molecule has 3 N–H and O–H groups in total. The average molecular weight is 412 g/mol. The van der Waals surface area contributed by atoms with Crippen LogP contribution in [0.5, 0.6) is 0 Å². The van der Waals surface area contributed by atoms with E-state index in [4.69, 9.17) is 15.0 Å². The van der Waals surface area contributed by atoms with Gasteiger partial charge in [0.05, 0.1) is 12.4 Å². The van der Waals surface area contributed by atoms with Crippen molar-refractivity contribution < 1.29 is 18.9 Å². The molecule has 28 heavy (non-hydrogen) atoms. The van der Waals surface area contributed by atoms with Crippen molar-refractivity contribution >= 4 is 24.5 Å². The third-order valence-electron chi connectivity index (χ3n) is 5.04. The second-order valence-corrected chi connectivity index (χ2v) is 10.0. The molecule has 156 valence electrons. The Bertz CT molecular complexity index is 864. The minimum atomic E-state index is -3.53. The second kappa shape index (κ2) is 8.04. The standard InChI is InChI=1S/C17H29N6O4P/c1-10(2)23(11(3)4)28(25,26-5)17(24)12-6-7-13(27-12)22-9-21-14-15(18)19-8-20-16(14)22/h8-13,17,24H,6-7H2,1-5H3,(H2,18,19,20)/t12-,13+,17?,28?/m0/s1. The minimum absolute atomic E-state index is 0.0603. The van der Waals surface area contributed by atoms with Crippen LogP contribution in [0.4, 0.5) is 5.82 Å². The van der Waals surface area contributed by atoms with E-state index in [9.17, 15) is 9.67 Å². The average Bonchev–Trinajstić information content (AvgIpc) is 3.27. The Kier molecular flexibility index (Phi) is 6.07. The molecule has 0 aliphatic carbocycles. The van der Waals surface area contributed by atoms with Crippen molar-refractivity contribution in [2.45, 2.75) is 70.8 Å². The van der Waals surface area contributed by atoms with E-state index in [-0.39, 0.29) is 12.1 Å². The Morgan fingerprint density at radius 1 is 1.29 bits per heavy atom. The molecule has 1 fully saturated rings. The van der Waals surface area contributed by atoms with Crippen molar-refractivity contribution in [3.05, 3.63) is 12.7 Å². The molecule has 1 saturated heterocycles. The number of imidazole rings is 1. The number of aliphatic hydroxyl groups excluding tert-OH is 1. The SMILES string of the molecule is COP(=O)(C(O)[C@@H]1CC[C@H](n2cnc3c(N)ncnc32)O1)N(C(C)C)C(C)C. The van der Waals surface area contributed by atoms with Gasteiger partial charge in [0.15, 0.2) is 17.3 Å². The number of hydrogen-bond acceptors (Lipinski definition) is 8. The maximum Gasteiger partial charge on any atom is 0.303 e. The van der Waals surface area contributed by atoms with E-state index in [2.05, 4.69) is 15.0 Å². The number of ether oxygens (including phenoxy) is 1. The molecular formula is C17H29N6O4P. The number of nitrogens with zero attached hydrogens (tertiary/aromatic N) is 5. The molecule has 4 atom stereocenters. The lowest BCUT2D eigenvalue weighted by atomic mass is 10.2. The highest BCUT2D eigenvalue weighted by molar-refractivity contribution is 7.57. The summed E-state index contributed by atoms with van der Waals surface area (Å²) in [5.74, 6) is -0.964. The lowest BCUT2D eigenvalue weighted by Crippen LogP contribution is -2.41. The van der Waals surface area contributed by atoms with Crippen LogP contribution in [0.25, 0.3) is 11.2 Å². The Morgan fingerprint density at radius 3 is 2.57 bits per heavy atom. The molecule has 2 aromatic heterocycles. The first-order valence-electron chi connectivity index (χ1n) is 9.41. The van der Waals surface area contributed by atoms with Crippen LogP contribution in [0.15, 0.2) is 12.7 Å². The maximum atomic E-state index is 13.6. The summed E-state index contributed by atoms with van der Waals surface area (Å²) in [6, 6.07) is -0.121. The van der Waals surface area contributed by atoms with E-state index in [1.165, 1.54) is 13.4 Å². The van der Waals surface area contributed by atoms with Crippen LogP contribution < -0.4 is 5.73 Å². The van der Waals surface area contributed by atoms with Crippen LogP contribution in [-0.4, -0.2) is 60.4 Å². The molecule has 0 bridgehead atoms. The smallest absolute Gasteiger partial charge is 0.303 e. The van der Waals surface area contributed by atoms with Crippen LogP contribution in [-0.2, 0) is 13.8 Å². The van der Waals surface area contributed by atoms with E-state index in [1.807, 2.05) is 27.7 Å². The lowest BCUT2D eigenvalue weighted by Gasteiger charge is -2.39. The highest BCUT2D eigenvalue weighted by Gasteiger charge is 2.48. The summed E-state index contributed by atoms with van der Waals surface area (Å²) < 4.78 is 28.6. The maximum absolute atomic E-state index is 13.6. The first-order chi connectivity index (χ1) is 13.2. The van der Waals surface area contributed by atoms with Gasteiger partial charge < -0.3 is 20.1 Å². The van der Waals surface area contributed by atoms with Crippen LogP contribution >= 0.6 is 7.52 Å². The summed E-state index contributed by atoms with van der Waals surface area (Å²) >= 11 is 0. The monoisotopic (exact) mass is 412 g/mol. The molecule has 0 saturated carbocycles. The van der Waals surface area contributed by atoms with Crippen molar-refractivity contribution in [2.24, 2.45) is 0 Å². The first-order valence-corrected chi connectivity index (χ1v) is 11.1. The number of aliphatic hydroxyl groups is 1. The number of aromatic nitrogens is 4. The molecule has 10 nitrogen and oxygen atoms in total. The first kappa shape index (κ1) is 21.1. The Balaban J connectivity index is 1.83. The fourth-order valence-corrected chi connectivity index (χ4v) is 6.54. The van der Waals surface area contributed by atoms with Crippen LogP contribution in [0.3, 0.4) is 0 Å². The molecule has 0 amide bonds. The number of anilines is 1. The van der Waals surface area contributed by atoms with Gasteiger partial charge in [0.2, 0.25) is 0 Å².